The van der Waals surface area contributed by atoms with Crippen LogP contribution >= 0.6 is 11.3 Å². The summed E-state index contributed by atoms with van der Waals surface area (Å²) in [5.41, 5.74) is 0. The summed E-state index contributed by atoms with van der Waals surface area (Å²) in [4.78, 5) is 2.90. The van der Waals surface area contributed by atoms with Gasteiger partial charge in [-0.2, -0.15) is 0 Å². The van der Waals surface area contributed by atoms with Crippen LogP contribution in [0.5, 0.6) is 0 Å². The first kappa shape index (κ1) is 16.7. The minimum absolute atomic E-state index is 0.723. The lowest BCUT2D eigenvalue weighted by Gasteiger charge is -2.18. The fraction of sp³-hybridized carbons (Fsp3) is 0.765. The number of aryl methyl sites for hydroxylation is 1. The van der Waals surface area contributed by atoms with Gasteiger partial charge in [-0.25, -0.2) is 0 Å². The molecule has 0 aliphatic rings. The van der Waals surface area contributed by atoms with E-state index in [2.05, 4.69) is 38.2 Å². The number of unbranched alkanes of at least 4 members (excludes halogenated alkanes) is 4. The average Bonchev–Trinajstić information content (AvgIpc) is 2.81. The van der Waals surface area contributed by atoms with Crippen LogP contribution in [-0.4, -0.2) is 6.04 Å². The standard InChI is InChI=1S/C17H31NS/c1-4-6-8-10-16(11-9-7-5-2)18-14-17-13-12-15(3)19-17/h12-13,16,18H,4-11,14H2,1-3H3. The summed E-state index contributed by atoms with van der Waals surface area (Å²) in [6.45, 7) is 7.82. The highest BCUT2D eigenvalue weighted by atomic mass is 32.1. The van der Waals surface area contributed by atoms with Crippen molar-refractivity contribution in [2.45, 2.75) is 84.7 Å². The molecule has 0 aliphatic carbocycles. The quantitative estimate of drug-likeness (QED) is 0.515. The Balaban J connectivity index is 2.29. The molecule has 0 saturated carbocycles. The molecule has 0 aliphatic heterocycles. The van der Waals surface area contributed by atoms with Crippen molar-refractivity contribution < 1.29 is 0 Å². The molecule has 1 rings (SSSR count). The maximum atomic E-state index is 3.78. The van der Waals surface area contributed by atoms with Crippen LogP contribution in [0.25, 0.3) is 0 Å². The molecule has 0 amide bonds. The second-order valence-electron chi connectivity index (χ2n) is 5.58. The van der Waals surface area contributed by atoms with E-state index in [4.69, 9.17) is 0 Å². The predicted molar refractivity (Wildman–Crippen MR) is 88.0 cm³/mol. The zero-order chi connectivity index (χ0) is 13.9. The van der Waals surface area contributed by atoms with Gasteiger partial charge in [-0.05, 0) is 31.9 Å². The normalized spacial score (nSPS) is 11.4. The molecule has 0 atom stereocenters. The van der Waals surface area contributed by atoms with Crippen LogP contribution in [0.15, 0.2) is 12.1 Å². The third-order valence-corrected chi connectivity index (χ3v) is 4.67. The molecule has 1 N–H and O–H groups in total. The highest BCUT2D eigenvalue weighted by molar-refractivity contribution is 7.11. The first-order valence-electron chi connectivity index (χ1n) is 8.05. The minimum atomic E-state index is 0.723. The SMILES string of the molecule is CCCCCC(CCCCC)NCc1ccc(C)s1. The Kier molecular flexibility index (Phi) is 9.19. The second-order valence-corrected chi connectivity index (χ2v) is 6.95. The third kappa shape index (κ3) is 7.74. The van der Waals surface area contributed by atoms with Crippen molar-refractivity contribution in [3.8, 4) is 0 Å². The highest BCUT2D eigenvalue weighted by Gasteiger charge is 2.08. The topological polar surface area (TPSA) is 12.0 Å². The fourth-order valence-electron chi connectivity index (χ4n) is 2.45. The number of hydrogen-bond donors (Lipinski definition) is 1. The van der Waals surface area contributed by atoms with Crippen LogP contribution in [0.2, 0.25) is 0 Å². The Morgan fingerprint density at radius 2 is 1.63 bits per heavy atom. The molecule has 0 saturated heterocycles. The van der Waals surface area contributed by atoms with E-state index in [0.717, 1.165) is 12.6 Å². The smallest absolute Gasteiger partial charge is 0.0302 e. The van der Waals surface area contributed by atoms with Crippen molar-refractivity contribution in [2.75, 3.05) is 0 Å². The molecule has 2 heteroatoms. The molecule has 1 aromatic heterocycles. The number of hydrogen-bond acceptors (Lipinski definition) is 2. The zero-order valence-electron chi connectivity index (χ0n) is 13.0. The van der Waals surface area contributed by atoms with Crippen molar-refractivity contribution in [2.24, 2.45) is 0 Å². The van der Waals surface area contributed by atoms with Gasteiger partial charge in [-0.1, -0.05) is 52.4 Å². The van der Waals surface area contributed by atoms with Crippen LogP contribution in [0.3, 0.4) is 0 Å². The van der Waals surface area contributed by atoms with E-state index in [0.29, 0.717) is 0 Å². The Labute approximate surface area is 123 Å². The second kappa shape index (κ2) is 10.4. The van der Waals surface area contributed by atoms with Crippen molar-refractivity contribution in [1.82, 2.24) is 5.32 Å². The van der Waals surface area contributed by atoms with Crippen LogP contribution in [-0.2, 0) is 6.54 Å². The van der Waals surface area contributed by atoms with Gasteiger partial charge in [0.25, 0.3) is 0 Å². The molecular weight excluding hydrogens is 250 g/mol. The third-order valence-electron chi connectivity index (χ3n) is 3.67. The van der Waals surface area contributed by atoms with E-state index in [9.17, 15) is 0 Å². The minimum Gasteiger partial charge on any atom is -0.309 e. The highest BCUT2D eigenvalue weighted by Crippen LogP contribution is 2.16. The summed E-state index contributed by atoms with van der Waals surface area (Å²) in [7, 11) is 0. The molecule has 0 fully saturated rings. The lowest BCUT2D eigenvalue weighted by Crippen LogP contribution is -2.28. The largest absolute Gasteiger partial charge is 0.309 e. The Morgan fingerprint density at radius 1 is 1.00 bits per heavy atom. The van der Waals surface area contributed by atoms with Crippen LogP contribution in [0, 0.1) is 6.92 Å². The van der Waals surface area contributed by atoms with E-state index < -0.39 is 0 Å². The van der Waals surface area contributed by atoms with E-state index in [1.807, 2.05) is 11.3 Å². The summed E-state index contributed by atoms with van der Waals surface area (Å²) in [6.07, 6.45) is 10.9. The Hall–Kier alpha value is -0.340. The van der Waals surface area contributed by atoms with E-state index in [-0.39, 0.29) is 0 Å². The van der Waals surface area contributed by atoms with Crippen LogP contribution in [0.1, 0.15) is 75.0 Å². The number of nitrogens with one attached hydrogen (secondary N) is 1. The van der Waals surface area contributed by atoms with Crippen molar-refractivity contribution in [1.29, 1.82) is 0 Å². The molecule has 0 radical (unpaired) electrons. The fourth-order valence-corrected chi connectivity index (χ4v) is 3.30. The lowest BCUT2D eigenvalue weighted by molar-refractivity contribution is 0.419. The number of thiophene rings is 1. The maximum Gasteiger partial charge on any atom is 0.0302 e. The summed E-state index contributed by atoms with van der Waals surface area (Å²) < 4.78 is 0. The molecule has 1 nitrogen and oxygen atoms in total. The molecule has 1 aromatic rings. The summed E-state index contributed by atoms with van der Waals surface area (Å²) >= 11 is 1.92. The lowest BCUT2D eigenvalue weighted by atomic mass is 10.0. The monoisotopic (exact) mass is 281 g/mol. The van der Waals surface area contributed by atoms with Crippen LogP contribution in [0.4, 0.5) is 0 Å². The van der Waals surface area contributed by atoms with Gasteiger partial charge in [-0.15, -0.1) is 11.3 Å². The van der Waals surface area contributed by atoms with Gasteiger partial charge < -0.3 is 5.32 Å². The predicted octanol–water partition coefficient (Wildman–Crippen LogP) is 5.68. The molecule has 1 heterocycles. The van der Waals surface area contributed by atoms with Crippen molar-refractivity contribution in [3.63, 3.8) is 0 Å². The summed E-state index contributed by atoms with van der Waals surface area (Å²) in [5, 5.41) is 3.78. The molecule has 110 valence electrons. The van der Waals surface area contributed by atoms with Gasteiger partial charge in [0.15, 0.2) is 0 Å². The van der Waals surface area contributed by atoms with E-state index in [1.165, 1.54) is 61.1 Å². The molecule has 0 aromatic carbocycles. The first-order chi connectivity index (χ1) is 9.26. The summed E-state index contributed by atoms with van der Waals surface area (Å²) in [5.74, 6) is 0. The van der Waals surface area contributed by atoms with E-state index >= 15 is 0 Å². The van der Waals surface area contributed by atoms with Gasteiger partial charge >= 0.3 is 0 Å². The zero-order valence-corrected chi connectivity index (χ0v) is 13.8. The van der Waals surface area contributed by atoms with E-state index in [1.54, 1.807) is 0 Å². The molecular formula is C17H31NS. The first-order valence-corrected chi connectivity index (χ1v) is 8.86. The van der Waals surface area contributed by atoms with Gasteiger partial charge in [0.05, 0.1) is 0 Å². The van der Waals surface area contributed by atoms with Crippen molar-refractivity contribution >= 4 is 11.3 Å². The van der Waals surface area contributed by atoms with Crippen LogP contribution < -0.4 is 5.32 Å². The Bertz CT molecular complexity index is 309. The maximum absolute atomic E-state index is 3.78. The number of rotatable bonds is 11. The van der Waals surface area contributed by atoms with Gasteiger partial charge in [0, 0.05) is 22.3 Å². The molecule has 0 bridgehead atoms. The molecule has 0 unspecified atom stereocenters. The molecule has 0 spiro atoms. The van der Waals surface area contributed by atoms with Gasteiger partial charge in [0.1, 0.15) is 0 Å². The Morgan fingerprint density at radius 3 is 2.11 bits per heavy atom. The average molecular weight is 282 g/mol. The van der Waals surface area contributed by atoms with Gasteiger partial charge in [-0.3, -0.25) is 0 Å². The van der Waals surface area contributed by atoms with Gasteiger partial charge in [0.2, 0.25) is 0 Å². The van der Waals surface area contributed by atoms with Crippen molar-refractivity contribution in [3.05, 3.63) is 21.9 Å². The summed E-state index contributed by atoms with van der Waals surface area (Å²) in [6, 6.07) is 5.22. The molecule has 19 heavy (non-hydrogen) atoms.